The van der Waals surface area contributed by atoms with Crippen molar-refractivity contribution in [1.29, 1.82) is 0 Å². The van der Waals surface area contributed by atoms with Crippen LogP contribution in [0.2, 0.25) is 5.02 Å². The van der Waals surface area contributed by atoms with Gasteiger partial charge in [0.1, 0.15) is 5.75 Å². The third kappa shape index (κ3) is 2.81. The molecule has 0 fully saturated rings. The van der Waals surface area contributed by atoms with Gasteiger partial charge in [0.2, 0.25) is 0 Å². The molecule has 4 nitrogen and oxygen atoms in total. The number of hydrogen-bond donors (Lipinski definition) is 2. The average Bonchev–Trinajstić information content (AvgIpc) is 2.47. The first kappa shape index (κ1) is 13.8. The Labute approximate surface area is 127 Å². The van der Waals surface area contributed by atoms with E-state index in [9.17, 15) is 4.79 Å². The van der Waals surface area contributed by atoms with E-state index in [4.69, 9.17) is 21.4 Å². The summed E-state index contributed by atoms with van der Waals surface area (Å²) in [6, 6.07) is 12.9. The van der Waals surface area contributed by atoms with Crippen LogP contribution in [-0.4, -0.2) is 17.7 Å². The Morgan fingerprint density at radius 3 is 2.86 bits per heavy atom. The second-order valence-corrected chi connectivity index (χ2v) is 5.28. The van der Waals surface area contributed by atoms with E-state index in [1.165, 1.54) is 6.07 Å². The van der Waals surface area contributed by atoms with Crippen LogP contribution in [0.25, 0.3) is 0 Å². The molecule has 0 radical (unpaired) electrons. The minimum Gasteiger partial charge on any atom is -0.493 e. The number of nitrogens with one attached hydrogen (secondary N) is 1. The monoisotopic (exact) mass is 303 g/mol. The summed E-state index contributed by atoms with van der Waals surface area (Å²) in [5, 5.41) is 12.6. The quantitative estimate of drug-likeness (QED) is 0.900. The molecule has 1 unspecified atom stereocenters. The molecule has 0 aliphatic carbocycles. The molecule has 2 N–H and O–H groups in total. The Balaban J connectivity index is 1.85. The van der Waals surface area contributed by atoms with E-state index in [-0.39, 0.29) is 16.6 Å². The van der Waals surface area contributed by atoms with Crippen LogP contribution in [0, 0.1) is 0 Å². The highest BCUT2D eigenvalue weighted by Crippen LogP contribution is 2.34. The van der Waals surface area contributed by atoms with Crippen LogP contribution in [0.4, 0.5) is 5.69 Å². The van der Waals surface area contributed by atoms with Gasteiger partial charge >= 0.3 is 5.97 Å². The number of carboxylic acid groups (broad SMARTS) is 1. The average molecular weight is 304 g/mol. The van der Waals surface area contributed by atoms with Crippen LogP contribution >= 0.6 is 11.6 Å². The lowest BCUT2D eigenvalue weighted by Crippen LogP contribution is -2.20. The Morgan fingerprint density at radius 2 is 2.10 bits per heavy atom. The maximum Gasteiger partial charge on any atom is 0.337 e. The number of halogens is 1. The topological polar surface area (TPSA) is 58.6 Å². The number of carboxylic acids is 1. The summed E-state index contributed by atoms with van der Waals surface area (Å²) in [6.45, 7) is 0.648. The van der Waals surface area contributed by atoms with Crippen LogP contribution in [0.15, 0.2) is 42.5 Å². The largest absolute Gasteiger partial charge is 0.493 e. The van der Waals surface area contributed by atoms with Crippen molar-refractivity contribution in [2.75, 3.05) is 11.9 Å². The van der Waals surface area contributed by atoms with E-state index >= 15 is 0 Å². The van der Waals surface area contributed by atoms with Crippen LogP contribution in [-0.2, 0) is 0 Å². The summed E-state index contributed by atoms with van der Waals surface area (Å²) < 4.78 is 5.62. The maximum atomic E-state index is 11.0. The third-order valence-electron chi connectivity index (χ3n) is 3.50. The van der Waals surface area contributed by atoms with E-state index in [0.717, 1.165) is 23.4 Å². The number of benzene rings is 2. The van der Waals surface area contributed by atoms with Crippen molar-refractivity contribution in [1.82, 2.24) is 0 Å². The molecule has 1 atom stereocenters. The van der Waals surface area contributed by atoms with E-state index in [0.29, 0.717) is 6.61 Å². The highest BCUT2D eigenvalue weighted by Gasteiger charge is 2.21. The third-order valence-corrected chi connectivity index (χ3v) is 3.81. The molecule has 0 saturated carbocycles. The number of hydrogen-bond acceptors (Lipinski definition) is 3. The summed E-state index contributed by atoms with van der Waals surface area (Å²) in [5.74, 6) is -0.141. The van der Waals surface area contributed by atoms with E-state index < -0.39 is 5.97 Å². The summed E-state index contributed by atoms with van der Waals surface area (Å²) >= 11 is 6.00. The number of fused-ring (bicyclic) bond motifs is 1. The molecule has 2 aromatic rings. The fraction of sp³-hybridized carbons (Fsp3) is 0.188. The van der Waals surface area contributed by atoms with Gasteiger partial charge in [0.25, 0.3) is 0 Å². The fourth-order valence-electron chi connectivity index (χ4n) is 2.47. The zero-order valence-electron chi connectivity index (χ0n) is 11.2. The standard InChI is InChI=1S/C16H14ClNO3/c17-13-9-10(5-6-11(13)16(19)20)18-14-7-8-21-15-4-2-1-3-12(14)15/h1-6,9,14,18H,7-8H2,(H,19,20). The minimum atomic E-state index is -1.03. The van der Waals surface area contributed by atoms with Crippen molar-refractivity contribution in [3.05, 3.63) is 58.6 Å². The van der Waals surface area contributed by atoms with Gasteiger partial charge in [0.05, 0.1) is 23.2 Å². The summed E-state index contributed by atoms with van der Waals surface area (Å²) in [4.78, 5) is 11.0. The summed E-state index contributed by atoms with van der Waals surface area (Å²) in [6.07, 6.45) is 0.843. The molecule has 1 aliphatic rings. The van der Waals surface area contributed by atoms with Crippen molar-refractivity contribution in [3.63, 3.8) is 0 Å². The van der Waals surface area contributed by atoms with E-state index in [1.807, 2.05) is 24.3 Å². The number of carbonyl (C=O) groups is 1. The van der Waals surface area contributed by atoms with Crippen molar-refractivity contribution in [2.45, 2.75) is 12.5 Å². The summed E-state index contributed by atoms with van der Waals surface area (Å²) in [5.41, 5.74) is 2.00. The second-order valence-electron chi connectivity index (χ2n) is 4.87. The normalized spacial score (nSPS) is 16.7. The number of para-hydroxylation sites is 1. The van der Waals surface area contributed by atoms with Crippen molar-refractivity contribution >= 4 is 23.3 Å². The Hall–Kier alpha value is -2.20. The van der Waals surface area contributed by atoms with Gasteiger partial charge in [-0.15, -0.1) is 0 Å². The highest BCUT2D eigenvalue weighted by atomic mass is 35.5. The SMILES string of the molecule is O=C(O)c1ccc(NC2CCOc3ccccc32)cc1Cl. The first-order valence-corrected chi connectivity index (χ1v) is 7.04. The van der Waals surface area contributed by atoms with Crippen LogP contribution in [0.3, 0.4) is 0 Å². The van der Waals surface area contributed by atoms with Gasteiger partial charge in [-0.2, -0.15) is 0 Å². The van der Waals surface area contributed by atoms with Gasteiger partial charge in [-0.25, -0.2) is 4.79 Å². The lowest BCUT2D eigenvalue weighted by atomic mass is 10.00. The molecule has 0 saturated heterocycles. The Morgan fingerprint density at radius 1 is 1.29 bits per heavy atom. The van der Waals surface area contributed by atoms with Gasteiger partial charge < -0.3 is 15.2 Å². The predicted molar refractivity (Wildman–Crippen MR) is 81.3 cm³/mol. The molecular formula is C16H14ClNO3. The molecule has 0 aromatic heterocycles. The second kappa shape index (κ2) is 5.66. The van der Waals surface area contributed by atoms with Crippen LogP contribution < -0.4 is 10.1 Å². The predicted octanol–water partition coefficient (Wildman–Crippen LogP) is 3.97. The zero-order chi connectivity index (χ0) is 14.8. The molecule has 1 heterocycles. The molecule has 1 aliphatic heterocycles. The number of ether oxygens (including phenoxy) is 1. The molecule has 0 spiro atoms. The molecule has 3 rings (SSSR count). The number of aromatic carboxylic acids is 1. The van der Waals surface area contributed by atoms with Gasteiger partial charge in [0.15, 0.2) is 0 Å². The fourth-order valence-corrected chi connectivity index (χ4v) is 2.73. The molecule has 108 valence electrons. The first-order valence-electron chi connectivity index (χ1n) is 6.66. The lowest BCUT2D eigenvalue weighted by molar-refractivity contribution is 0.0697. The Kier molecular flexibility index (Phi) is 3.71. The minimum absolute atomic E-state index is 0.106. The molecular weight excluding hydrogens is 290 g/mol. The van der Waals surface area contributed by atoms with Crippen LogP contribution in [0.1, 0.15) is 28.4 Å². The zero-order valence-corrected chi connectivity index (χ0v) is 11.9. The van der Waals surface area contributed by atoms with Crippen molar-refractivity contribution in [2.24, 2.45) is 0 Å². The lowest BCUT2D eigenvalue weighted by Gasteiger charge is -2.27. The van der Waals surface area contributed by atoms with Gasteiger partial charge in [-0.05, 0) is 24.3 Å². The van der Waals surface area contributed by atoms with Crippen LogP contribution in [0.5, 0.6) is 5.75 Å². The van der Waals surface area contributed by atoms with Gasteiger partial charge in [-0.3, -0.25) is 0 Å². The van der Waals surface area contributed by atoms with Crippen molar-refractivity contribution < 1.29 is 14.6 Å². The summed E-state index contributed by atoms with van der Waals surface area (Å²) in [7, 11) is 0. The number of rotatable bonds is 3. The maximum absolute atomic E-state index is 11.0. The molecule has 5 heteroatoms. The van der Waals surface area contributed by atoms with Crippen molar-refractivity contribution in [3.8, 4) is 5.75 Å². The smallest absolute Gasteiger partial charge is 0.337 e. The molecule has 0 bridgehead atoms. The van der Waals surface area contributed by atoms with E-state index in [2.05, 4.69) is 5.32 Å². The number of anilines is 1. The van der Waals surface area contributed by atoms with Gasteiger partial charge in [-0.1, -0.05) is 29.8 Å². The molecule has 2 aromatic carbocycles. The Bertz CT molecular complexity index is 687. The first-order chi connectivity index (χ1) is 10.1. The highest BCUT2D eigenvalue weighted by molar-refractivity contribution is 6.33. The molecule has 0 amide bonds. The van der Waals surface area contributed by atoms with Gasteiger partial charge in [0, 0.05) is 17.7 Å². The molecule has 21 heavy (non-hydrogen) atoms. The van der Waals surface area contributed by atoms with E-state index in [1.54, 1.807) is 12.1 Å².